The van der Waals surface area contributed by atoms with Crippen LogP contribution in [-0.2, 0) is 4.79 Å². The SMILES string of the molecule is COc1ccccc1NC(=O)C1=C(C)NC(=S)C(=C=[N-])C1c1ccccc1. The van der Waals surface area contributed by atoms with E-state index in [-0.39, 0.29) is 5.91 Å². The van der Waals surface area contributed by atoms with E-state index in [0.717, 1.165) is 5.56 Å². The highest BCUT2D eigenvalue weighted by Crippen LogP contribution is 2.37. The van der Waals surface area contributed by atoms with Crippen LogP contribution in [-0.4, -0.2) is 23.9 Å². The van der Waals surface area contributed by atoms with Gasteiger partial charge in [-0.1, -0.05) is 54.7 Å². The molecule has 27 heavy (non-hydrogen) atoms. The van der Waals surface area contributed by atoms with Crippen molar-refractivity contribution in [1.29, 1.82) is 0 Å². The third kappa shape index (κ3) is 3.67. The molecule has 0 saturated heterocycles. The molecule has 0 bridgehead atoms. The van der Waals surface area contributed by atoms with E-state index in [0.29, 0.717) is 33.3 Å². The average Bonchev–Trinajstić information content (AvgIpc) is 2.68. The predicted octanol–water partition coefficient (Wildman–Crippen LogP) is 3.79. The molecular formula is C21H18N3O2S-. The number of rotatable bonds is 4. The highest BCUT2D eigenvalue weighted by Gasteiger charge is 2.33. The average molecular weight is 376 g/mol. The van der Waals surface area contributed by atoms with Gasteiger partial charge in [-0.25, -0.2) is 0 Å². The van der Waals surface area contributed by atoms with Crippen LogP contribution in [0.3, 0.4) is 0 Å². The first-order valence-electron chi connectivity index (χ1n) is 8.35. The van der Waals surface area contributed by atoms with Crippen molar-refractivity contribution in [3.8, 4) is 5.75 Å². The molecule has 1 aliphatic rings. The molecule has 1 heterocycles. The van der Waals surface area contributed by atoms with Crippen LogP contribution in [0.5, 0.6) is 5.75 Å². The van der Waals surface area contributed by atoms with Gasteiger partial charge < -0.3 is 20.8 Å². The molecule has 2 aromatic carbocycles. The van der Waals surface area contributed by atoms with Gasteiger partial charge in [0.05, 0.1) is 12.8 Å². The summed E-state index contributed by atoms with van der Waals surface area (Å²) < 4.78 is 5.31. The molecule has 1 amide bonds. The number of amides is 1. The number of benzene rings is 2. The largest absolute Gasteiger partial charge is 0.763 e. The van der Waals surface area contributed by atoms with Crippen molar-refractivity contribution >= 4 is 34.7 Å². The molecular weight excluding hydrogens is 358 g/mol. The summed E-state index contributed by atoms with van der Waals surface area (Å²) in [6, 6.07) is 16.6. The van der Waals surface area contributed by atoms with Gasteiger partial charge in [0.1, 0.15) is 10.7 Å². The number of carbonyl (C=O) groups is 1. The van der Waals surface area contributed by atoms with E-state index >= 15 is 0 Å². The third-order valence-corrected chi connectivity index (χ3v) is 4.70. The van der Waals surface area contributed by atoms with Gasteiger partial charge in [-0.2, -0.15) is 0 Å². The minimum atomic E-state index is -0.528. The number of carbonyl (C=O) groups excluding carboxylic acids is 1. The summed E-state index contributed by atoms with van der Waals surface area (Å²) in [5.41, 5.74) is 2.83. The molecule has 0 aromatic heterocycles. The lowest BCUT2D eigenvalue weighted by Gasteiger charge is -2.31. The number of anilines is 1. The first kappa shape index (κ1) is 18.6. The Kier molecular flexibility index (Phi) is 5.50. The Hall–Kier alpha value is -3.21. The smallest absolute Gasteiger partial charge is 0.254 e. The second-order valence-corrected chi connectivity index (χ2v) is 6.42. The Labute approximate surface area is 163 Å². The summed E-state index contributed by atoms with van der Waals surface area (Å²) in [4.78, 5) is 13.5. The molecule has 6 heteroatoms. The number of ether oxygens (including phenoxy) is 1. The van der Waals surface area contributed by atoms with Crippen molar-refractivity contribution in [3.05, 3.63) is 82.4 Å². The van der Waals surface area contributed by atoms with Crippen molar-refractivity contribution in [3.63, 3.8) is 0 Å². The lowest BCUT2D eigenvalue weighted by atomic mass is 9.81. The molecule has 0 saturated carbocycles. The molecule has 2 aromatic rings. The molecule has 0 aliphatic carbocycles. The molecule has 1 aliphatic heterocycles. The Bertz CT molecular complexity index is 976. The third-order valence-electron chi connectivity index (χ3n) is 4.38. The minimum absolute atomic E-state index is 0.311. The van der Waals surface area contributed by atoms with Gasteiger partial charge in [0.15, 0.2) is 0 Å². The predicted molar refractivity (Wildman–Crippen MR) is 111 cm³/mol. The van der Waals surface area contributed by atoms with Crippen LogP contribution in [0.2, 0.25) is 0 Å². The Morgan fingerprint density at radius 1 is 1.19 bits per heavy atom. The van der Waals surface area contributed by atoms with Gasteiger partial charge >= 0.3 is 0 Å². The molecule has 0 radical (unpaired) electrons. The summed E-state index contributed by atoms with van der Waals surface area (Å²) in [6.45, 7) is 1.79. The second-order valence-electron chi connectivity index (χ2n) is 6.02. The number of nitrogens with zero attached hydrogens (tertiary/aromatic N) is 1. The van der Waals surface area contributed by atoms with Crippen LogP contribution in [0.15, 0.2) is 71.4 Å². The van der Waals surface area contributed by atoms with Gasteiger partial charge in [0, 0.05) is 22.8 Å². The molecule has 0 fully saturated rings. The van der Waals surface area contributed by atoms with Crippen molar-refractivity contribution in [2.75, 3.05) is 12.4 Å². The first-order chi connectivity index (χ1) is 13.1. The fourth-order valence-electron chi connectivity index (χ4n) is 3.13. The number of allylic oxidation sites excluding steroid dienone is 1. The molecule has 3 rings (SSSR count). The maximum atomic E-state index is 13.2. The van der Waals surface area contributed by atoms with Gasteiger partial charge in [-0.3, -0.25) is 10.7 Å². The van der Waals surface area contributed by atoms with E-state index in [1.54, 1.807) is 26.2 Å². The van der Waals surface area contributed by atoms with E-state index < -0.39 is 5.92 Å². The molecule has 5 nitrogen and oxygen atoms in total. The lowest BCUT2D eigenvalue weighted by Crippen LogP contribution is -2.36. The standard InChI is InChI=1S/C21H18N3O2S/c1-13-18(20(25)24-16-10-6-7-11-17(16)26-2)19(14-8-4-3-5-9-14)15(12-22)21(27)23-13/h3-11,19H,1-2H3,(H,23,27)(H,24,25)/q-1. The summed E-state index contributed by atoms with van der Waals surface area (Å²) in [6.07, 6.45) is 0. The quantitative estimate of drug-likeness (QED) is 0.484. The number of methoxy groups -OCH3 is 1. The lowest BCUT2D eigenvalue weighted by molar-refractivity contribution is -0.113. The van der Waals surface area contributed by atoms with E-state index in [9.17, 15) is 10.2 Å². The fraction of sp³-hybridized carbons (Fsp3) is 0.143. The zero-order valence-corrected chi connectivity index (χ0v) is 15.8. The zero-order chi connectivity index (χ0) is 19.4. The summed E-state index contributed by atoms with van der Waals surface area (Å²) in [5, 5.41) is 15.5. The van der Waals surface area contributed by atoms with Gasteiger partial charge in [-0.15, -0.1) is 0 Å². The Balaban J connectivity index is 2.07. The zero-order valence-electron chi connectivity index (χ0n) is 14.9. The van der Waals surface area contributed by atoms with Crippen LogP contribution in [0, 0.1) is 0 Å². The fourth-order valence-corrected chi connectivity index (χ4v) is 3.45. The van der Waals surface area contributed by atoms with Gasteiger partial charge in [0.25, 0.3) is 5.91 Å². The minimum Gasteiger partial charge on any atom is -0.763 e. The van der Waals surface area contributed by atoms with Crippen molar-refractivity contribution in [2.24, 2.45) is 0 Å². The highest BCUT2D eigenvalue weighted by atomic mass is 32.1. The van der Waals surface area contributed by atoms with Gasteiger partial charge in [-0.05, 0) is 24.6 Å². The molecule has 1 unspecified atom stereocenters. The second kappa shape index (κ2) is 7.99. The monoisotopic (exact) mass is 376 g/mol. The van der Waals surface area contributed by atoms with Crippen LogP contribution in [0.4, 0.5) is 5.69 Å². The summed E-state index contributed by atoms with van der Waals surface area (Å²) >= 11 is 5.33. The molecule has 0 spiro atoms. The van der Waals surface area contributed by atoms with Crippen LogP contribution < -0.4 is 15.4 Å². The van der Waals surface area contributed by atoms with E-state index in [1.807, 2.05) is 42.5 Å². The Morgan fingerprint density at radius 2 is 1.85 bits per heavy atom. The molecule has 2 N–H and O–H groups in total. The number of thiocarbonyl (C=S) groups is 1. The molecule has 1 atom stereocenters. The van der Waals surface area contributed by atoms with E-state index in [1.165, 1.54) is 0 Å². The summed E-state index contributed by atoms with van der Waals surface area (Å²) in [5.74, 6) is 1.89. The van der Waals surface area contributed by atoms with Gasteiger partial charge in [0.2, 0.25) is 0 Å². The molecule has 136 valence electrons. The Morgan fingerprint density at radius 3 is 2.52 bits per heavy atom. The van der Waals surface area contributed by atoms with E-state index in [2.05, 4.69) is 16.5 Å². The summed E-state index contributed by atoms with van der Waals surface area (Å²) in [7, 11) is 1.55. The number of hydrogen-bond acceptors (Lipinski definition) is 3. The van der Waals surface area contributed by atoms with E-state index in [4.69, 9.17) is 17.0 Å². The van der Waals surface area contributed by atoms with Crippen molar-refractivity contribution in [2.45, 2.75) is 12.8 Å². The van der Waals surface area contributed by atoms with Crippen molar-refractivity contribution < 1.29 is 9.53 Å². The first-order valence-corrected chi connectivity index (χ1v) is 8.76. The van der Waals surface area contributed by atoms with Crippen LogP contribution >= 0.6 is 12.2 Å². The number of hydrogen-bond donors (Lipinski definition) is 2. The number of nitrogens with one attached hydrogen (secondary N) is 2. The number of para-hydroxylation sites is 2. The normalized spacial score (nSPS) is 16.4. The maximum absolute atomic E-state index is 13.2. The highest BCUT2D eigenvalue weighted by molar-refractivity contribution is 7.80. The topological polar surface area (TPSA) is 72.7 Å². The van der Waals surface area contributed by atoms with Crippen LogP contribution in [0.25, 0.3) is 5.41 Å². The van der Waals surface area contributed by atoms with Crippen LogP contribution in [0.1, 0.15) is 18.4 Å². The maximum Gasteiger partial charge on any atom is 0.254 e. The van der Waals surface area contributed by atoms with Crippen molar-refractivity contribution in [1.82, 2.24) is 5.32 Å².